The van der Waals surface area contributed by atoms with Gasteiger partial charge >= 0.3 is 0 Å². The fourth-order valence-electron chi connectivity index (χ4n) is 1.83. The number of ether oxygens (including phenoxy) is 1. The summed E-state index contributed by atoms with van der Waals surface area (Å²) in [5.41, 5.74) is 12.7. The number of benzene rings is 1. The summed E-state index contributed by atoms with van der Waals surface area (Å²) in [6.45, 7) is 6.77. The fraction of sp³-hybridized carbons (Fsp3) is 0.500. The second-order valence-electron chi connectivity index (χ2n) is 4.73. The number of anilines is 2. The lowest BCUT2D eigenvalue weighted by atomic mass is 10.2. The molecule has 0 unspecified atom stereocenters. The van der Waals surface area contributed by atoms with Crippen molar-refractivity contribution in [2.24, 2.45) is 5.73 Å². The molecule has 0 aliphatic carbocycles. The Morgan fingerprint density at radius 2 is 2.11 bits per heavy atom. The molecule has 1 aromatic carbocycles. The molecule has 19 heavy (non-hydrogen) atoms. The molecule has 0 fully saturated rings. The summed E-state index contributed by atoms with van der Waals surface area (Å²) in [7, 11) is 0. The predicted octanol–water partition coefficient (Wildman–Crippen LogP) is 1.76. The number of primary amides is 1. The minimum atomic E-state index is -0.382. The molecule has 0 atom stereocenters. The second-order valence-corrected chi connectivity index (χ2v) is 4.73. The highest BCUT2D eigenvalue weighted by Crippen LogP contribution is 2.33. The molecule has 1 amide bonds. The SMILES string of the molecule is CCCOc1cccc(N(CC(N)=O)C(C)C)c1N. The van der Waals surface area contributed by atoms with E-state index in [-0.39, 0.29) is 18.5 Å². The Balaban J connectivity index is 3.05. The van der Waals surface area contributed by atoms with Crippen molar-refractivity contribution in [2.75, 3.05) is 23.8 Å². The van der Waals surface area contributed by atoms with Gasteiger partial charge in [-0.1, -0.05) is 13.0 Å². The Bertz CT molecular complexity index is 433. The average molecular weight is 265 g/mol. The number of hydrogen-bond acceptors (Lipinski definition) is 4. The lowest BCUT2D eigenvalue weighted by Gasteiger charge is -2.29. The monoisotopic (exact) mass is 265 g/mol. The van der Waals surface area contributed by atoms with Gasteiger partial charge in [0.2, 0.25) is 5.91 Å². The van der Waals surface area contributed by atoms with Crippen LogP contribution in [0, 0.1) is 0 Å². The summed E-state index contributed by atoms with van der Waals surface area (Å²) in [6, 6.07) is 5.69. The molecule has 0 bridgehead atoms. The highest BCUT2D eigenvalue weighted by molar-refractivity contribution is 5.83. The molecule has 106 valence electrons. The van der Waals surface area contributed by atoms with Crippen molar-refractivity contribution >= 4 is 17.3 Å². The van der Waals surface area contributed by atoms with E-state index in [1.165, 1.54) is 0 Å². The highest BCUT2D eigenvalue weighted by Gasteiger charge is 2.17. The van der Waals surface area contributed by atoms with Crippen LogP contribution < -0.4 is 21.1 Å². The van der Waals surface area contributed by atoms with Crippen molar-refractivity contribution in [3.63, 3.8) is 0 Å². The van der Waals surface area contributed by atoms with Gasteiger partial charge in [0.15, 0.2) is 0 Å². The Kier molecular flexibility index (Phi) is 5.48. The minimum Gasteiger partial charge on any atom is -0.491 e. The van der Waals surface area contributed by atoms with Crippen LogP contribution in [0.2, 0.25) is 0 Å². The maximum absolute atomic E-state index is 11.2. The van der Waals surface area contributed by atoms with Gasteiger partial charge in [-0.25, -0.2) is 0 Å². The van der Waals surface area contributed by atoms with E-state index in [0.717, 1.165) is 12.1 Å². The van der Waals surface area contributed by atoms with Crippen molar-refractivity contribution < 1.29 is 9.53 Å². The zero-order valence-corrected chi connectivity index (χ0v) is 11.8. The van der Waals surface area contributed by atoms with Gasteiger partial charge in [-0.15, -0.1) is 0 Å². The predicted molar refractivity (Wildman–Crippen MR) is 78.3 cm³/mol. The maximum atomic E-state index is 11.2. The molecular formula is C14H23N3O2. The zero-order valence-electron chi connectivity index (χ0n) is 11.8. The summed E-state index contributed by atoms with van der Waals surface area (Å²) in [6.07, 6.45) is 0.916. The molecule has 0 saturated heterocycles. The van der Waals surface area contributed by atoms with Crippen LogP contribution in [0.25, 0.3) is 0 Å². The molecule has 0 saturated carbocycles. The van der Waals surface area contributed by atoms with E-state index in [0.29, 0.717) is 18.0 Å². The van der Waals surface area contributed by atoms with Gasteiger partial charge in [0.05, 0.1) is 24.5 Å². The lowest BCUT2D eigenvalue weighted by Crippen LogP contribution is -2.39. The van der Waals surface area contributed by atoms with Gasteiger partial charge in [-0.2, -0.15) is 0 Å². The molecule has 0 aliphatic rings. The first-order valence-electron chi connectivity index (χ1n) is 6.53. The molecule has 1 aromatic rings. The third kappa shape index (κ3) is 4.05. The van der Waals surface area contributed by atoms with Gasteiger partial charge < -0.3 is 21.1 Å². The number of nitrogens with two attached hydrogens (primary N) is 2. The normalized spacial score (nSPS) is 10.5. The Morgan fingerprint density at radius 1 is 1.42 bits per heavy atom. The quantitative estimate of drug-likeness (QED) is 0.736. The summed E-state index contributed by atoms with van der Waals surface area (Å²) in [5.74, 6) is 0.266. The largest absolute Gasteiger partial charge is 0.491 e. The third-order valence-corrected chi connectivity index (χ3v) is 2.76. The van der Waals surface area contributed by atoms with E-state index in [1.54, 1.807) is 0 Å². The Morgan fingerprint density at radius 3 is 2.63 bits per heavy atom. The average Bonchev–Trinajstić information content (AvgIpc) is 2.34. The number of nitrogens with zero attached hydrogens (tertiary/aromatic N) is 1. The highest BCUT2D eigenvalue weighted by atomic mass is 16.5. The van der Waals surface area contributed by atoms with Crippen molar-refractivity contribution in [2.45, 2.75) is 33.2 Å². The van der Waals surface area contributed by atoms with E-state index in [1.807, 2.05) is 43.9 Å². The number of para-hydroxylation sites is 1. The summed E-state index contributed by atoms with van der Waals surface area (Å²) >= 11 is 0. The lowest BCUT2D eigenvalue weighted by molar-refractivity contribution is -0.116. The van der Waals surface area contributed by atoms with Crippen LogP contribution in [0.5, 0.6) is 5.75 Å². The Hall–Kier alpha value is -1.91. The third-order valence-electron chi connectivity index (χ3n) is 2.76. The van der Waals surface area contributed by atoms with E-state index in [2.05, 4.69) is 0 Å². The molecule has 0 aromatic heterocycles. The summed E-state index contributed by atoms with van der Waals surface area (Å²) in [5, 5.41) is 0. The number of nitrogen functional groups attached to an aromatic ring is 1. The van der Waals surface area contributed by atoms with Crippen LogP contribution >= 0.6 is 0 Å². The first kappa shape index (κ1) is 15.1. The van der Waals surface area contributed by atoms with Crippen molar-refractivity contribution in [3.8, 4) is 5.75 Å². The van der Waals surface area contributed by atoms with Crippen LogP contribution in [0.3, 0.4) is 0 Å². The number of amides is 1. The summed E-state index contributed by atoms with van der Waals surface area (Å²) < 4.78 is 5.59. The first-order valence-corrected chi connectivity index (χ1v) is 6.53. The molecule has 0 aliphatic heterocycles. The van der Waals surface area contributed by atoms with Crippen LogP contribution in [0.15, 0.2) is 18.2 Å². The standard InChI is InChI=1S/C14H23N3O2/c1-4-8-19-12-7-5-6-11(14(12)16)17(10(2)3)9-13(15)18/h5-7,10H,4,8-9,16H2,1-3H3,(H2,15,18). The smallest absolute Gasteiger partial charge is 0.236 e. The molecule has 0 spiro atoms. The maximum Gasteiger partial charge on any atom is 0.236 e. The van der Waals surface area contributed by atoms with Crippen molar-refractivity contribution in [3.05, 3.63) is 18.2 Å². The fourth-order valence-corrected chi connectivity index (χ4v) is 1.83. The van der Waals surface area contributed by atoms with Gasteiger partial charge in [0.1, 0.15) is 5.75 Å². The molecule has 5 nitrogen and oxygen atoms in total. The van der Waals surface area contributed by atoms with Crippen LogP contribution in [0.1, 0.15) is 27.2 Å². The second kappa shape index (κ2) is 6.87. The van der Waals surface area contributed by atoms with E-state index in [9.17, 15) is 4.79 Å². The molecule has 0 heterocycles. The summed E-state index contributed by atoms with van der Waals surface area (Å²) in [4.78, 5) is 13.0. The van der Waals surface area contributed by atoms with E-state index in [4.69, 9.17) is 16.2 Å². The van der Waals surface area contributed by atoms with Gasteiger partial charge in [0.25, 0.3) is 0 Å². The van der Waals surface area contributed by atoms with E-state index >= 15 is 0 Å². The minimum absolute atomic E-state index is 0.122. The molecule has 5 heteroatoms. The topological polar surface area (TPSA) is 81.6 Å². The van der Waals surface area contributed by atoms with Crippen LogP contribution in [-0.4, -0.2) is 25.1 Å². The number of rotatable bonds is 7. The van der Waals surface area contributed by atoms with Gasteiger partial charge in [-0.3, -0.25) is 4.79 Å². The van der Waals surface area contributed by atoms with Gasteiger partial charge in [0, 0.05) is 6.04 Å². The van der Waals surface area contributed by atoms with Crippen LogP contribution in [0.4, 0.5) is 11.4 Å². The number of hydrogen-bond donors (Lipinski definition) is 2. The van der Waals surface area contributed by atoms with Crippen molar-refractivity contribution in [1.82, 2.24) is 0 Å². The Labute approximate surface area is 114 Å². The molecule has 4 N–H and O–H groups in total. The molecule has 1 rings (SSSR count). The molecular weight excluding hydrogens is 242 g/mol. The van der Waals surface area contributed by atoms with E-state index < -0.39 is 0 Å². The number of carbonyl (C=O) groups excluding carboxylic acids is 1. The molecule has 0 radical (unpaired) electrons. The zero-order chi connectivity index (χ0) is 14.4. The van der Waals surface area contributed by atoms with Crippen LogP contribution in [-0.2, 0) is 4.79 Å². The van der Waals surface area contributed by atoms with Crippen molar-refractivity contribution in [1.29, 1.82) is 0 Å². The van der Waals surface area contributed by atoms with Gasteiger partial charge in [-0.05, 0) is 32.4 Å². The first-order chi connectivity index (χ1) is 8.97. The number of carbonyl (C=O) groups is 1.